The molecule has 2 aromatic heterocycles. The van der Waals surface area contributed by atoms with Crippen molar-refractivity contribution >= 4 is 40.7 Å². The molecule has 0 bridgehead atoms. The van der Waals surface area contributed by atoms with Gasteiger partial charge < -0.3 is 14.1 Å². The topological polar surface area (TPSA) is 98.4 Å². The maximum Gasteiger partial charge on any atom is 0.326 e. The van der Waals surface area contributed by atoms with Gasteiger partial charge in [0.1, 0.15) is 6.54 Å². The van der Waals surface area contributed by atoms with Crippen LogP contribution in [0.3, 0.4) is 0 Å². The van der Waals surface area contributed by atoms with E-state index in [1.165, 1.54) is 4.90 Å². The smallest absolute Gasteiger partial charge is 0.326 e. The molecule has 0 radical (unpaired) electrons. The predicted octanol–water partition coefficient (Wildman–Crippen LogP) is 3.11. The third-order valence-electron chi connectivity index (χ3n) is 3.73. The van der Waals surface area contributed by atoms with Gasteiger partial charge in [-0.3, -0.25) is 9.59 Å². The Kier molecular flexibility index (Phi) is 7.36. The van der Waals surface area contributed by atoms with Gasteiger partial charge in [-0.05, 0) is 26.0 Å². The SMILES string of the molecule is CCOC(=O)CN(C(=O)CSc1nnc(Cc2csc(C)n2)o1)c1ccccc1. The predicted molar refractivity (Wildman–Crippen MR) is 110 cm³/mol. The fourth-order valence-electron chi connectivity index (χ4n) is 2.48. The fourth-order valence-corrected chi connectivity index (χ4v) is 3.75. The molecule has 3 aromatic rings. The zero-order chi connectivity index (χ0) is 20.6. The Bertz CT molecular complexity index is 958. The first-order chi connectivity index (χ1) is 14.0. The van der Waals surface area contributed by atoms with E-state index in [4.69, 9.17) is 9.15 Å². The molecule has 0 atom stereocenters. The van der Waals surface area contributed by atoms with Gasteiger partial charge in [-0.2, -0.15) is 0 Å². The highest BCUT2D eigenvalue weighted by Gasteiger charge is 2.21. The van der Waals surface area contributed by atoms with Crippen LogP contribution in [0.1, 0.15) is 23.5 Å². The molecule has 8 nitrogen and oxygen atoms in total. The standard InChI is InChI=1S/C19H20N4O4S2/c1-3-26-18(25)10-23(15-7-5-4-6-8-15)17(24)12-29-19-22-21-16(27-19)9-14-11-28-13(2)20-14/h4-8,11H,3,9-10,12H2,1-2H3. The van der Waals surface area contributed by atoms with Crippen molar-refractivity contribution in [2.75, 3.05) is 23.8 Å². The van der Waals surface area contributed by atoms with Gasteiger partial charge in [0.15, 0.2) is 0 Å². The first kappa shape index (κ1) is 21.0. The van der Waals surface area contributed by atoms with Gasteiger partial charge in [-0.15, -0.1) is 21.5 Å². The largest absolute Gasteiger partial charge is 0.465 e. The lowest BCUT2D eigenvalue weighted by Gasteiger charge is -2.21. The Morgan fingerprint density at radius 3 is 2.72 bits per heavy atom. The summed E-state index contributed by atoms with van der Waals surface area (Å²) >= 11 is 2.69. The van der Waals surface area contributed by atoms with Crippen molar-refractivity contribution in [1.29, 1.82) is 0 Å². The number of thiazole rings is 1. The average Bonchev–Trinajstić information content (AvgIpc) is 3.34. The number of anilines is 1. The van der Waals surface area contributed by atoms with Crippen LogP contribution >= 0.6 is 23.1 Å². The minimum atomic E-state index is -0.465. The van der Waals surface area contributed by atoms with Crippen molar-refractivity contribution < 1.29 is 18.7 Å². The molecule has 1 amide bonds. The van der Waals surface area contributed by atoms with Crippen molar-refractivity contribution in [3.8, 4) is 0 Å². The maximum absolute atomic E-state index is 12.8. The van der Waals surface area contributed by atoms with Crippen molar-refractivity contribution in [3.63, 3.8) is 0 Å². The lowest BCUT2D eigenvalue weighted by molar-refractivity contribution is -0.142. The van der Waals surface area contributed by atoms with Gasteiger partial charge in [0.05, 0.1) is 29.5 Å². The van der Waals surface area contributed by atoms with E-state index in [1.807, 2.05) is 18.4 Å². The minimum Gasteiger partial charge on any atom is -0.465 e. The first-order valence-electron chi connectivity index (χ1n) is 8.92. The van der Waals surface area contributed by atoms with Gasteiger partial charge in [-0.25, -0.2) is 4.98 Å². The van der Waals surface area contributed by atoms with E-state index in [1.54, 1.807) is 42.5 Å². The molecule has 0 aliphatic rings. The van der Waals surface area contributed by atoms with Gasteiger partial charge in [0.2, 0.25) is 11.8 Å². The monoisotopic (exact) mass is 432 g/mol. The van der Waals surface area contributed by atoms with Gasteiger partial charge in [0, 0.05) is 11.1 Å². The summed E-state index contributed by atoms with van der Waals surface area (Å²) in [7, 11) is 0. The second-order valence-electron chi connectivity index (χ2n) is 5.91. The number of rotatable bonds is 9. The number of benzene rings is 1. The third-order valence-corrected chi connectivity index (χ3v) is 5.35. The van der Waals surface area contributed by atoms with Gasteiger partial charge in [-0.1, -0.05) is 30.0 Å². The van der Waals surface area contributed by atoms with E-state index in [0.717, 1.165) is 22.5 Å². The number of hydrogen-bond acceptors (Lipinski definition) is 9. The number of carbonyl (C=O) groups is 2. The number of esters is 1. The second kappa shape index (κ2) is 10.2. The summed E-state index contributed by atoms with van der Waals surface area (Å²) in [5.41, 5.74) is 1.49. The molecular formula is C19H20N4O4S2. The molecule has 0 spiro atoms. The lowest BCUT2D eigenvalue weighted by atomic mass is 10.3. The molecule has 0 aliphatic heterocycles. The van der Waals surface area contributed by atoms with Gasteiger partial charge >= 0.3 is 5.97 Å². The molecule has 3 rings (SSSR count). The number of amides is 1. The van der Waals surface area contributed by atoms with Crippen LogP contribution in [0.15, 0.2) is 45.4 Å². The molecule has 0 saturated carbocycles. The van der Waals surface area contributed by atoms with Crippen LogP contribution in [-0.4, -0.2) is 46.0 Å². The highest BCUT2D eigenvalue weighted by atomic mass is 32.2. The summed E-state index contributed by atoms with van der Waals surface area (Å²) in [5, 5.41) is 11.2. The number of hydrogen-bond donors (Lipinski definition) is 0. The summed E-state index contributed by atoms with van der Waals surface area (Å²) in [5.74, 6) is -0.236. The number of para-hydroxylation sites is 1. The molecule has 0 aliphatic carbocycles. The fraction of sp³-hybridized carbons (Fsp3) is 0.316. The summed E-state index contributed by atoms with van der Waals surface area (Å²) in [4.78, 5) is 30.4. The number of nitrogens with zero attached hydrogens (tertiary/aromatic N) is 4. The zero-order valence-corrected chi connectivity index (χ0v) is 17.7. The van der Waals surface area contributed by atoms with E-state index >= 15 is 0 Å². The molecule has 0 saturated heterocycles. The Labute approximate surface area is 176 Å². The van der Waals surface area contributed by atoms with Crippen LogP contribution in [0.25, 0.3) is 0 Å². The van der Waals surface area contributed by atoms with Crippen LogP contribution < -0.4 is 4.90 Å². The molecule has 0 unspecified atom stereocenters. The molecule has 29 heavy (non-hydrogen) atoms. The van der Waals surface area contributed by atoms with Gasteiger partial charge in [0.25, 0.3) is 5.22 Å². The normalized spacial score (nSPS) is 10.7. The minimum absolute atomic E-state index is 0.0474. The highest BCUT2D eigenvalue weighted by Crippen LogP contribution is 2.21. The second-order valence-corrected chi connectivity index (χ2v) is 7.89. The van der Waals surface area contributed by atoms with E-state index in [2.05, 4.69) is 15.2 Å². The van der Waals surface area contributed by atoms with Crippen LogP contribution in [0.5, 0.6) is 0 Å². The Hall–Kier alpha value is -2.72. The summed E-state index contributed by atoms with van der Waals surface area (Å²) < 4.78 is 10.6. The van der Waals surface area contributed by atoms with Crippen molar-refractivity contribution in [1.82, 2.24) is 15.2 Å². The zero-order valence-electron chi connectivity index (χ0n) is 16.0. The van der Waals surface area contributed by atoms with E-state index in [9.17, 15) is 9.59 Å². The third kappa shape index (κ3) is 6.13. The maximum atomic E-state index is 12.8. The van der Waals surface area contributed by atoms with E-state index < -0.39 is 5.97 Å². The number of aryl methyl sites for hydroxylation is 1. The molecule has 10 heteroatoms. The summed E-state index contributed by atoms with van der Waals surface area (Å²) in [6.07, 6.45) is 0.449. The van der Waals surface area contributed by atoms with Crippen molar-refractivity contribution in [2.24, 2.45) is 0 Å². The summed E-state index contributed by atoms with van der Waals surface area (Å²) in [6.45, 7) is 3.76. The quantitative estimate of drug-likeness (QED) is 0.376. The Morgan fingerprint density at radius 1 is 1.24 bits per heavy atom. The molecule has 0 fully saturated rings. The van der Waals surface area contributed by atoms with Crippen LogP contribution in [0.2, 0.25) is 0 Å². The van der Waals surface area contributed by atoms with Crippen molar-refractivity contribution in [2.45, 2.75) is 25.5 Å². The van der Waals surface area contributed by atoms with E-state index in [-0.39, 0.29) is 24.8 Å². The number of thioether (sulfide) groups is 1. The van der Waals surface area contributed by atoms with Crippen molar-refractivity contribution in [3.05, 3.63) is 52.3 Å². The molecule has 1 aromatic carbocycles. The first-order valence-corrected chi connectivity index (χ1v) is 10.8. The number of ether oxygens (including phenoxy) is 1. The molecule has 2 heterocycles. The molecular weight excluding hydrogens is 412 g/mol. The van der Waals surface area contributed by atoms with E-state index in [0.29, 0.717) is 23.2 Å². The molecule has 0 N–H and O–H groups in total. The number of carbonyl (C=O) groups excluding carboxylic acids is 2. The van der Waals surface area contributed by atoms with Crippen LogP contribution in [-0.2, 0) is 20.7 Å². The van der Waals surface area contributed by atoms with Crippen LogP contribution in [0.4, 0.5) is 5.69 Å². The Morgan fingerprint density at radius 2 is 2.03 bits per heavy atom. The Balaban J connectivity index is 1.61. The average molecular weight is 433 g/mol. The molecule has 152 valence electrons. The highest BCUT2D eigenvalue weighted by molar-refractivity contribution is 7.99. The lowest BCUT2D eigenvalue weighted by Crippen LogP contribution is -2.37. The summed E-state index contributed by atoms with van der Waals surface area (Å²) in [6, 6.07) is 8.98. The van der Waals surface area contributed by atoms with Crippen LogP contribution in [0, 0.1) is 6.92 Å². The number of aromatic nitrogens is 3.